The number of nitrogens with zero attached hydrogens (tertiary/aromatic N) is 1. The summed E-state index contributed by atoms with van der Waals surface area (Å²) < 4.78 is 5.28. The molecule has 132 valence electrons. The summed E-state index contributed by atoms with van der Waals surface area (Å²) in [6.07, 6.45) is 0.195. The molecule has 1 heterocycles. The number of nitrogens with one attached hydrogen (secondary N) is 1. The molecule has 1 aliphatic carbocycles. The van der Waals surface area contributed by atoms with Crippen LogP contribution in [-0.4, -0.2) is 52.3 Å². The van der Waals surface area contributed by atoms with Gasteiger partial charge in [0.1, 0.15) is 5.60 Å². The molecule has 4 atom stereocenters. The molecule has 2 N–H and O–H groups in total. The molecule has 1 aliphatic heterocycles. The van der Waals surface area contributed by atoms with Gasteiger partial charge in [0.25, 0.3) is 0 Å². The third kappa shape index (κ3) is 3.62. The van der Waals surface area contributed by atoms with Crippen LogP contribution in [-0.2, 0) is 9.53 Å². The molecule has 0 aromatic carbocycles. The van der Waals surface area contributed by atoms with Crippen molar-refractivity contribution in [1.82, 2.24) is 10.2 Å². The van der Waals surface area contributed by atoms with E-state index in [2.05, 4.69) is 19.2 Å². The largest absolute Gasteiger partial charge is 0.444 e. The molecule has 0 aromatic heterocycles. The Labute approximate surface area is 138 Å². The first kappa shape index (κ1) is 18.0. The highest BCUT2D eigenvalue weighted by Gasteiger charge is 2.60. The number of hydrogen-bond donors (Lipinski definition) is 2. The number of hydrogen-bond acceptors (Lipinski definition) is 4. The zero-order valence-corrected chi connectivity index (χ0v) is 15.0. The summed E-state index contributed by atoms with van der Waals surface area (Å²) in [7, 11) is 0. The number of rotatable bonds is 2. The highest BCUT2D eigenvalue weighted by molar-refractivity contribution is 5.75. The van der Waals surface area contributed by atoms with Gasteiger partial charge in [0, 0.05) is 24.9 Å². The Bertz CT molecular complexity index is 485. The van der Waals surface area contributed by atoms with Gasteiger partial charge in [-0.3, -0.25) is 4.79 Å². The van der Waals surface area contributed by atoms with Gasteiger partial charge in [-0.1, -0.05) is 13.8 Å². The monoisotopic (exact) mass is 326 g/mol. The lowest BCUT2D eigenvalue weighted by atomic mass is 9.65. The van der Waals surface area contributed by atoms with Gasteiger partial charge < -0.3 is 20.1 Å². The van der Waals surface area contributed by atoms with Gasteiger partial charge in [-0.2, -0.15) is 0 Å². The first-order valence-corrected chi connectivity index (χ1v) is 8.40. The van der Waals surface area contributed by atoms with Crippen molar-refractivity contribution >= 4 is 12.0 Å². The second-order valence-corrected chi connectivity index (χ2v) is 8.43. The molecule has 1 spiro atoms. The van der Waals surface area contributed by atoms with E-state index >= 15 is 0 Å². The standard InChI is InChI=1S/C17H30N2O4/c1-10(2)14-17(9-19(14)11(3)20)7-12(13(21)8-17)18-15(22)23-16(4,5)6/h10,12-14,21H,7-9H2,1-6H3,(H,18,22)/t12-,13-,14?,17?/m1/s1. The van der Waals surface area contributed by atoms with Crippen LogP contribution < -0.4 is 5.32 Å². The quantitative estimate of drug-likeness (QED) is 0.812. The van der Waals surface area contributed by atoms with Crippen LogP contribution in [0.5, 0.6) is 0 Å². The summed E-state index contributed by atoms with van der Waals surface area (Å²) in [4.78, 5) is 25.6. The van der Waals surface area contributed by atoms with Crippen LogP contribution in [0.25, 0.3) is 0 Å². The maximum atomic E-state index is 12.0. The summed E-state index contributed by atoms with van der Waals surface area (Å²) in [6.45, 7) is 11.9. The molecule has 0 radical (unpaired) electrons. The minimum absolute atomic E-state index is 0.0763. The Hall–Kier alpha value is -1.30. The van der Waals surface area contributed by atoms with Gasteiger partial charge >= 0.3 is 6.09 Å². The summed E-state index contributed by atoms with van der Waals surface area (Å²) in [5.41, 5.74) is -0.660. The highest BCUT2D eigenvalue weighted by atomic mass is 16.6. The molecular formula is C17H30N2O4. The van der Waals surface area contributed by atoms with E-state index in [-0.39, 0.29) is 23.4 Å². The summed E-state index contributed by atoms with van der Waals surface area (Å²) >= 11 is 0. The maximum absolute atomic E-state index is 12.0. The van der Waals surface area contributed by atoms with Crippen molar-refractivity contribution in [3.05, 3.63) is 0 Å². The van der Waals surface area contributed by atoms with Crippen LogP contribution in [0.3, 0.4) is 0 Å². The molecule has 2 amide bonds. The minimum Gasteiger partial charge on any atom is -0.444 e. The summed E-state index contributed by atoms with van der Waals surface area (Å²) in [5, 5.41) is 13.2. The Morgan fingerprint density at radius 1 is 1.30 bits per heavy atom. The fourth-order valence-electron chi connectivity index (χ4n) is 4.32. The van der Waals surface area contributed by atoms with Crippen molar-refractivity contribution in [2.24, 2.45) is 11.3 Å². The normalized spacial score (nSPS) is 33.7. The van der Waals surface area contributed by atoms with Crippen molar-refractivity contribution in [1.29, 1.82) is 0 Å². The van der Waals surface area contributed by atoms with Crippen LogP contribution in [0.15, 0.2) is 0 Å². The van der Waals surface area contributed by atoms with Gasteiger partial charge in [-0.05, 0) is 39.5 Å². The molecule has 1 saturated carbocycles. The molecule has 1 saturated heterocycles. The fraction of sp³-hybridized carbons (Fsp3) is 0.882. The summed E-state index contributed by atoms with van der Waals surface area (Å²) in [6, 6.07) is -0.194. The Morgan fingerprint density at radius 2 is 1.91 bits per heavy atom. The van der Waals surface area contributed by atoms with Crippen molar-refractivity contribution in [2.45, 2.75) is 78.2 Å². The number of ether oxygens (including phenoxy) is 1. The Kier molecular flexibility index (Phi) is 4.68. The molecule has 6 heteroatoms. The zero-order chi connectivity index (χ0) is 17.6. The number of carbonyl (C=O) groups is 2. The molecule has 2 fully saturated rings. The van der Waals surface area contributed by atoms with E-state index in [1.54, 1.807) is 6.92 Å². The molecular weight excluding hydrogens is 296 g/mol. The van der Waals surface area contributed by atoms with E-state index in [1.807, 2.05) is 25.7 Å². The molecule has 23 heavy (non-hydrogen) atoms. The fourth-order valence-corrected chi connectivity index (χ4v) is 4.32. The van der Waals surface area contributed by atoms with Crippen molar-refractivity contribution < 1.29 is 19.4 Å². The van der Waals surface area contributed by atoms with E-state index in [0.717, 1.165) is 0 Å². The van der Waals surface area contributed by atoms with Crippen LogP contribution in [0.1, 0.15) is 54.4 Å². The van der Waals surface area contributed by atoms with E-state index in [1.165, 1.54) is 0 Å². The number of alkyl carbamates (subject to hydrolysis) is 1. The van der Waals surface area contributed by atoms with Crippen LogP contribution in [0, 0.1) is 11.3 Å². The lowest BCUT2D eigenvalue weighted by Crippen LogP contribution is -2.67. The third-order valence-corrected chi connectivity index (χ3v) is 4.89. The van der Waals surface area contributed by atoms with Gasteiger partial charge in [-0.15, -0.1) is 0 Å². The molecule has 6 nitrogen and oxygen atoms in total. The molecule has 2 aliphatic rings. The number of aliphatic hydroxyl groups excluding tert-OH is 1. The molecule has 0 aromatic rings. The predicted octanol–water partition coefficient (Wildman–Crippen LogP) is 1.91. The number of likely N-dealkylation sites (tertiary alicyclic amines) is 1. The van der Waals surface area contributed by atoms with Crippen LogP contribution in [0.4, 0.5) is 4.79 Å². The van der Waals surface area contributed by atoms with E-state index in [4.69, 9.17) is 4.74 Å². The van der Waals surface area contributed by atoms with Gasteiger partial charge in [-0.25, -0.2) is 4.79 Å². The van der Waals surface area contributed by atoms with E-state index < -0.39 is 17.8 Å². The first-order chi connectivity index (χ1) is 10.4. The zero-order valence-electron chi connectivity index (χ0n) is 15.0. The van der Waals surface area contributed by atoms with Crippen LogP contribution in [0.2, 0.25) is 0 Å². The van der Waals surface area contributed by atoms with Crippen molar-refractivity contribution in [3.8, 4) is 0 Å². The lowest BCUT2D eigenvalue weighted by Gasteiger charge is -2.58. The second-order valence-electron chi connectivity index (χ2n) is 8.43. The van der Waals surface area contributed by atoms with Gasteiger partial charge in [0.05, 0.1) is 12.1 Å². The maximum Gasteiger partial charge on any atom is 0.407 e. The van der Waals surface area contributed by atoms with E-state index in [0.29, 0.717) is 25.3 Å². The Balaban J connectivity index is 2.03. The predicted molar refractivity (Wildman–Crippen MR) is 86.8 cm³/mol. The lowest BCUT2D eigenvalue weighted by molar-refractivity contribution is -0.158. The Morgan fingerprint density at radius 3 is 2.39 bits per heavy atom. The third-order valence-electron chi connectivity index (χ3n) is 4.89. The van der Waals surface area contributed by atoms with Gasteiger partial charge in [0.15, 0.2) is 0 Å². The van der Waals surface area contributed by atoms with Gasteiger partial charge in [0.2, 0.25) is 5.91 Å². The highest BCUT2D eigenvalue weighted by Crippen LogP contribution is 2.53. The average Bonchev–Trinajstić information content (AvgIpc) is 2.62. The molecule has 2 unspecified atom stereocenters. The second kappa shape index (κ2) is 5.96. The summed E-state index contributed by atoms with van der Waals surface area (Å²) in [5.74, 6) is 0.396. The van der Waals surface area contributed by atoms with E-state index in [9.17, 15) is 14.7 Å². The number of amides is 2. The number of carbonyl (C=O) groups excluding carboxylic acids is 2. The number of aliphatic hydroxyl groups is 1. The molecule has 2 rings (SSSR count). The molecule has 0 bridgehead atoms. The smallest absolute Gasteiger partial charge is 0.407 e. The van der Waals surface area contributed by atoms with Crippen molar-refractivity contribution in [3.63, 3.8) is 0 Å². The average molecular weight is 326 g/mol. The first-order valence-electron chi connectivity index (χ1n) is 8.40. The topological polar surface area (TPSA) is 78.9 Å². The SMILES string of the molecule is CC(=O)N1CC2(C[C@@H](O)[C@H](NC(=O)OC(C)(C)C)C2)C1C(C)C. The van der Waals surface area contributed by atoms with Crippen LogP contribution >= 0.6 is 0 Å². The van der Waals surface area contributed by atoms with Crippen molar-refractivity contribution in [2.75, 3.05) is 6.54 Å². The minimum atomic E-state index is -0.599.